The van der Waals surface area contributed by atoms with Crippen LogP contribution in [0.1, 0.15) is 18.5 Å². The zero-order valence-electron chi connectivity index (χ0n) is 10.5. The van der Waals surface area contributed by atoms with Gasteiger partial charge in [-0.3, -0.25) is 15.5 Å². The molecule has 0 spiro atoms. The Balaban J connectivity index is 2.46. The van der Waals surface area contributed by atoms with Crippen molar-refractivity contribution < 1.29 is 10.0 Å². The molecule has 0 bridgehead atoms. The number of nitrogen functional groups attached to an aromatic ring is 1. The van der Waals surface area contributed by atoms with Gasteiger partial charge in [0.05, 0.1) is 11.0 Å². The zero-order chi connectivity index (χ0) is 14.0. The lowest BCUT2D eigenvalue weighted by molar-refractivity contribution is -0.385. The highest BCUT2D eigenvalue weighted by Crippen LogP contribution is 2.31. The number of nitrogens with two attached hydrogens (primary N) is 1. The molecule has 1 atom stereocenters. The number of nitro groups is 1. The van der Waals surface area contributed by atoms with Crippen molar-refractivity contribution in [3.8, 4) is 0 Å². The van der Waals surface area contributed by atoms with E-state index in [1.165, 1.54) is 6.92 Å². The Kier molecular flexibility index (Phi) is 3.76. The molecule has 2 heterocycles. The smallest absolute Gasteiger partial charge is 0.332 e. The molecule has 1 aromatic rings. The van der Waals surface area contributed by atoms with Crippen LogP contribution >= 0.6 is 0 Å². The lowest BCUT2D eigenvalue weighted by atomic mass is 10.1. The van der Waals surface area contributed by atoms with Gasteiger partial charge in [0.25, 0.3) is 0 Å². The molecule has 9 heteroatoms. The Bertz CT molecular complexity index is 494. The molecular weight excluding hydrogens is 252 g/mol. The third kappa shape index (κ3) is 2.71. The van der Waals surface area contributed by atoms with E-state index in [2.05, 4.69) is 15.4 Å². The minimum absolute atomic E-state index is 0.123. The molecule has 104 valence electrons. The lowest BCUT2D eigenvalue weighted by Crippen LogP contribution is -2.39. The predicted octanol–water partition coefficient (Wildman–Crippen LogP) is -0.0601. The van der Waals surface area contributed by atoms with Crippen molar-refractivity contribution in [1.29, 1.82) is 0 Å². The first kappa shape index (κ1) is 13.4. The van der Waals surface area contributed by atoms with Crippen LogP contribution in [0.2, 0.25) is 0 Å². The summed E-state index contributed by atoms with van der Waals surface area (Å²) in [4.78, 5) is 20.3. The minimum atomic E-state index is -0.508. The summed E-state index contributed by atoms with van der Waals surface area (Å²) < 4.78 is 0. The number of aryl methyl sites for hydroxylation is 1. The second-order valence-electron chi connectivity index (χ2n) is 4.45. The first-order chi connectivity index (χ1) is 9.02. The van der Waals surface area contributed by atoms with Gasteiger partial charge in [-0.2, -0.15) is 4.98 Å². The molecule has 0 aromatic carbocycles. The van der Waals surface area contributed by atoms with Gasteiger partial charge in [0, 0.05) is 13.1 Å². The van der Waals surface area contributed by atoms with Gasteiger partial charge in [0.2, 0.25) is 11.8 Å². The number of nitrogens with zero attached hydrogens (tertiary/aromatic N) is 4. The summed E-state index contributed by atoms with van der Waals surface area (Å²) >= 11 is 0. The highest BCUT2D eigenvalue weighted by molar-refractivity contribution is 5.62. The first-order valence-electron chi connectivity index (χ1n) is 5.95. The fourth-order valence-electron chi connectivity index (χ4n) is 2.20. The fraction of sp³-hybridized carbons (Fsp3) is 0.600. The van der Waals surface area contributed by atoms with Crippen LogP contribution in [0.4, 0.5) is 17.5 Å². The highest BCUT2D eigenvalue weighted by atomic mass is 16.6. The summed E-state index contributed by atoms with van der Waals surface area (Å²) in [7, 11) is 0. The van der Waals surface area contributed by atoms with Crippen LogP contribution in [-0.4, -0.2) is 39.2 Å². The minimum Gasteiger partial charge on any atom is -0.391 e. The molecule has 1 aromatic heterocycles. The van der Waals surface area contributed by atoms with Gasteiger partial charge in [-0.05, 0) is 19.8 Å². The molecule has 1 saturated heterocycles. The monoisotopic (exact) mass is 268 g/mol. The average molecular weight is 268 g/mol. The molecule has 1 aliphatic rings. The molecule has 2 rings (SSSR count). The number of aromatic nitrogens is 2. The molecule has 4 N–H and O–H groups in total. The molecule has 1 aliphatic heterocycles. The maximum Gasteiger partial charge on any atom is 0.332 e. The summed E-state index contributed by atoms with van der Waals surface area (Å²) in [6.45, 7) is 2.46. The maximum absolute atomic E-state index is 11.2. The van der Waals surface area contributed by atoms with E-state index < -0.39 is 11.0 Å². The third-order valence-electron chi connectivity index (χ3n) is 3.05. The summed E-state index contributed by atoms with van der Waals surface area (Å²) in [6.07, 6.45) is 0.946. The van der Waals surface area contributed by atoms with Crippen LogP contribution in [0.15, 0.2) is 0 Å². The van der Waals surface area contributed by atoms with Gasteiger partial charge in [-0.15, -0.1) is 0 Å². The number of anilines is 2. The molecule has 0 amide bonds. The van der Waals surface area contributed by atoms with E-state index in [4.69, 9.17) is 5.84 Å². The lowest BCUT2D eigenvalue weighted by Gasteiger charge is -2.30. The van der Waals surface area contributed by atoms with Crippen LogP contribution in [-0.2, 0) is 0 Å². The van der Waals surface area contributed by atoms with E-state index in [0.717, 1.165) is 6.42 Å². The number of hydrazine groups is 1. The van der Waals surface area contributed by atoms with Gasteiger partial charge in [0.15, 0.2) is 0 Å². The summed E-state index contributed by atoms with van der Waals surface area (Å²) in [5.41, 5.74) is 2.38. The van der Waals surface area contributed by atoms with Crippen molar-refractivity contribution in [3.05, 3.63) is 15.8 Å². The molecule has 0 saturated carbocycles. The Morgan fingerprint density at radius 1 is 1.58 bits per heavy atom. The first-order valence-corrected chi connectivity index (χ1v) is 5.95. The van der Waals surface area contributed by atoms with Crippen LogP contribution < -0.4 is 16.2 Å². The van der Waals surface area contributed by atoms with Crippen molar-refractivity contribution in [2.24, 2.45) is 5.84 Å². The number of piperidine rings is 1. The molecule has 1 fully saturated rings. The van der Waals surface area contributed by atoms with Crippen molar-refractivity contribution in [1.82, 2.24) is 9.97 Å². The number of aliphatic hydroxyl groups excluding tert-OH is 1. The van der Waals surface area contributed by atoms with Crippen LogP contribution in [0.5, 0.6) is 0 Å². The average Bonchev–Trinajstić information content (AvgIpc) is 2.37. The van der Waals surface area contributed by atoms with Gasteiger partial charge in [-0.25, -0.2) is 10.8 Å². The SMILES string of the molecule is Cc1nc(NN)nc(N2CCCC(O)C2)c1[N+](=O)[O-]. The van der Waals surface area contributed by atoms with Crippen LogP contribution in [0, 0.1) is 17.0 Å². The summed E-state index contributed by atoms with van der Waals surface area (Å²) in [5, 5.41) is 20.8. The van der Waals surface area contributed by atoms with Crippen molar-refractivity contribution in [3.63, 3.8) is 0 Å². The molecule has 19 heavy (non-hydrogen) atoms. The number of hydrogen-bond donors (Lipinski definition) is 3. The van der Waals surface area contributed by atoms with Gasteiger partial charge >= 0.3 is 5.69 Å². The topological polar surface area (TPSA) is 130 Å². The number of rotatable bonds is 3. The van der Waals surface area contributed by atoms with Gasteiger partial charge in [0.1, 0.15) is 5.69 Å². The standard InChI is InChI=1S/C10H16N6O3/c1-6-8(16(18)19)9(13-10(12-6)14-11)15-4-2-3-7(17)5-15/h7,17H,2-5,11H2,1H3,(H,12,13,14). The molecule has 0 aliphatic carbocycles. The van der Waals surface area contributed by atoms with E-state index in [9.17, 15) is 15.2 Å². The Morgan fingerprint density at radius 3 is 2.89 bits per heavy atom. The third-order valence-corrected chi connectivity index (χ3v) is 3.05. The number of aliphatic hydroxyl groups is 1. The molecule has 9 nitrogen and oxygen atoms in total. The van der Waals surface area contributed by atoms with E-state index >= 15 is 0 Å². The second-order valence-corrected chi connectivity index (χ2v) is 4.45. The Hall–Kier alpha value is -2.00. The van der Waals surface area contributed by atoms with Crippen molar-refractivity contribution >= 4 is 17.5 Å². The van der Waals surface area contributed by atoms with Crippen molar-refractivity contribution in [2.45, 2.75) is 25.9 Å². The predicted molar refractivity (Wildman–Crippen MR) is 68.7 cm³/mol. The Morgan fingerprint density at radius 2 is 2.32 bits per heavy atom. The normalized spacial score (nSPS) is 19.3. The van der Waals surface area contributed by atoms with Gasteiger partial charge < -0.3 is 10.0 Å². The molecular formula is C10H16N6O3. The van der Waals surface area contributed by atoms with Gasteiger partial charge in [-0.1, -0.05) is 0 Å². The molecule has 1 unspecified atom stereocenters. The van der Waals surface area contributed by atoms with E-state index in [1.54, 1.807) is 4.90 Å². The second kappa shape index (κ2) is 5.33. The van der Waals surface area contributed by atoms with Crippen LogP contribution in [0.3, 0.4) is 0 Å². The number of hydrogen-bond acceptors (Lipinski definition) is 8. The zero-order valence-corrected chi connectivity index (χ0v) is 10.5. The maximum atomic E-state index is 11.2. The van der Waals surface area contributed by atoms with Crippen LogP contribution in [0.25, 0.3) is 0 Å². The Labute approximate surface area is 109 Å². The van der Waals surface area contributed by atoms with Crippen molar-refractivity contribution in [2.75, 3.05) is 23.4 Å². The van der Waals surface area contributed by atoms with E-state index in [0.29, 0.717) is 19.5 Å². The largest absolute Gasteiger partial charge is 0.391 e. The fourth-order valence-corrected chi connectivity index (χ4v) is 2.20. The highest BCUT2D eigenvalue weighted by Gasteiger charge is 2.29. The number of nitrogens with one attached hydrogen (secondary N) is 1. The number of β-amino-alcohol motifs (C(OH)–C–C–N with tert-alkyl or cyclic N) is 1. The molecule has 0 radical (unpaired) electrons. The quantitative estimate of drug-likeness (QED) is 0.395. The van der Waals surface area contributed by atoms with E-state index in [-0.39, 0.29) is 23.1 Å². The summed E-state index contributed by atoms with van der Waals surface area (Å²) in [6, 6.07) is 0. The van der Waals surface area contributed by atoms with E-state index in [1.807, 2.05) is 0 Å². The summed E-state index contributed by atoms with van der Waals surface area (Å²) in [5.74, 6) is 5.58.